The summed E-state index contributed by atoms with van der Waals surface area (Å²) in [6.45, 7) is 5.27. The molecule has 4 nitrogen and oxygen atoms in total. The Balaban J connectivity index is 1.73. The van der Waals surface area contributed by atoms with Gasteiger partial charge in [0, 0.05) is 13.1 Å². The zero-order chi connectivity index (χ0) is 18.0. The van der Waals surface area contributed by atoms with Crippen LogP contribution < -0.4 is 4.74 Å². The van der Waals surface area contributed by atoms with E-state index < -0.39 is 10.0 Å². The number of rotatable bonds is 4. The standard InChI is InChI=1S/C20H25NO3S/c1-15-13-19(14-16(2)20(15)17-7-5-4-6-8-17)24-18-9-11-21(12-10-18)25(3,22)23/h4-8,13-14,18H,9-12H2,1-3H3. The molecule has 25 heavy (non-hydrogen) atoms. The van der Waals surface area contributed by atoms with E-state index in [1.807, 2.05) is 18.2 Å². The predicted molar refractivity (Wildman–Crippen MR) is 101 cm³/mol. The molecule has 0 radical (unpaired) electrons. The van der Waals surface area contributed by atoms with Crippen molar-refractivity contribution in [2.24, 2.45) is 0 Å². The van der Waals surface area contributed by atoms with E-state index in [4.69, 9.17) is 4.74 Å². The monoisotopic (exact) mass is 359 g/mol. The molecule has 0 N–H and O–H groups in total. The summed E-state index contributed by atoms with van der Waals surface area (Å²) < 4.78 is 30.9. The summed E-state index contributed by atoms with van der Waals surface area (Å²) in [5.41, 5.74) is 4.84. The molecule has 1 aliphatic rings. The minimum absolute atomic E-state index is 0.0689. The average Bonchev–Trinajstić information content (AvgIpc) is 2.55. The van der Waals surface area contributed by atoms with Crippen molar-refractivity contribution in [3.63, 3.8) is 0 Å². The molecule has 1 fully saturated rings. The minimum atomic E-state index is -3.09. The van der Waals surface area contributed by atoms with Crippen LogP contribution in [-0.4, -0.2) is 38.2 Å². The van der Waals surface area contributed by atoms with Crippen molar-refractivity contribution < 1.29 is 13.2 Å². The van der Waals surface area contributed by atoms with E-state index in [-0.39, 0.29) is 6.10 Å². The Bertz CT molecular complexity index is 815. The van der Waals surface area contributed by atoms with Crippen LogP contribution in [0, 0.1) is 13.8 Å². The third-order valence-corrected chi connectivity index (χ3v) is 6.04. The van der Waals surface area contributed by atoms with E-state index in [9.17, 15) is 8.42 Å². The van der Waals surface area contributed by atoms with Gasteiger partial charge >= 0.3 is 0 Å². The fourth-order valence-electron chi connectivity index (χ4n) is 3.53. The number of sulfonamides is 1. The number of hydrogen-bond acceptors (Lipinski definition) is 3. The van der Waals surface area contributed by atoms with Crippen LogP contribution in [0.5, 0.6) is 5.75 Å². The fraction of sp³-hybridized carbons (Fsp3) is 0.400. The van der Waals surface area contributed by atoms with Gasteiger partial charge in [0.1, 0.15) is 11.9 Å². The van der Waals surface area contributed by atoms with Crippen LogP contribution in [-0.2, 0) is 10.0 Å². The summed E-state index contributed by atoms with van der Waals surface area (Å²) >= 11 is 0. The van der Waals surface area contributed by atoms with Crippen molar-refractivity contribution in [2.45, 2.75) is 32.8 Å². The summed E-state index contributed by atoms with van der Waals surface area (Å²) in [4.78, 5) is 0. The first kappa shape index (κ1) is 18.0. The number of nitrogens with zero attached hydrogens (tertiary/aromatic N) is 1. The quantitative estimate of drug-likeness (QED) is 0.835. The van der Waals surface area contributed by atoms with Gasteiger partial charge in [0.15, 0.2) is 0 Å². The molecule has 0 atom stereocenters. The summed E-state index contributed by atoms with van der Waals surface area (Å²) in [7, 11) is -3.09. The van der Waals surface area contributed by atoms with Crippen LogP contribution >= 0.6 is 0 Å². The third-order valence-electron chi connectivity index (χ3n) is 4.74. The van der Waals surface area contributed by atoms with Crippen molar-refractivity contribution in [3.8, 4) is 16.9 Å². The lowest BCUT2D eigenvalue weighted by molar-refractivity contribution is 0.135. The number of hydrogen-bond donors (Lipinski definition) is 0. The molecular weight excluding hydrogens is 334 g/mol. The molecule has 0 unspecified atom stereocenters. The lowest BCUT2D eigenvalue weighted by Gasteiger charge is -2.30. The Hall–Kier alpha value is -1.85. The molecule has 0 amide bonds. The van der Waals surface area contributed by atoms with Gasteiger partial charge in [-0.2, -0.15) is 0 Å². The zero-order valence-electron chi connectivity index (χ0n) is 15.0. The first-order valence-corrected chi connectivity index (χ1v) is 10.5. The van der Waals surface area contributed by atoms with E-state index >= 15 is 0 Å². The molecule has 1 aliphatic heterocycles. The van der Waals surface area contributed by atoms with Gasteiger partial charge in [-0.05, 0) is 61.1 Å². The third kappa shape index (κ3) is 4.22. The van der Waals surface area contributed by atoms with Gasteiger partial charge in [-0.15, -0.1) is 0 Å². The topological polar surface area (TPSA) is 46.6 Å². The Morgan fingerprint density at radius 1 is 1.00 bits per heavy atom. The second-order valence-electron chi connectivity index (χ2n) is 6.78. The molecule has 2 aromatic carbocycles. The summed E-state index contributed by atoms with van der Waals surface area (Å²) in [6, 6.07) is 14.5. The van der Waals surface area contributed by atoms with E-state index in [0.29, 0.717) is 13.1 Å². The lowest BCUT2D eigenvalue weighted by Crippen LogP contribution is -2.41. The zero-order valence-corrected chi connectivity index (χ0v) is 15.8. The highest BCUT2D eigenvalue weighted by molar-refractivity contribution is 7.88. The van der Waals surface area contributed by atoms with Crippen molar-refractivity contribution in [1.29, 1.82) is 0 Å². The predicted octanol–water partition coefficient (Wildman–Crippen LogP) is 3.77. The molecule has 1 saturated heterocycles. The van der Waals surface area contributed by atoms with Gasteiger partial charge < -0.3 is 4.74 Å². The number of benzene rings is 2. The Morgan fingerprint density at radius 3 is 2.08 bits per heavy atom. The van der Waals surface area contributed by atoms with E-state index in [2.05, 4.69) is 38.1 Å². The molecule has 0 aromatic heterocycles. The van der Waals surface area contributed by atoms with Crippen molar-refractivity contribution in [2.75, 3.05) is 19.3 Å². The maximum atomic E-state index is 11.6. The maximum Gasteiger partial charge on any atom is 0.211 e. The molecule has 3 rings (SSSR count). The second kappa shape index (κ2) is 7.18. The van der Waals surface area contributed by atoms with Crippen LogP contribution in [0.1, 0.15) is 24.0 Å². The Morgan fingerprint density at radius 2 is 1.56 bits per heavy atom. The lowest BCUT2D eigenvalue weighted by atomic mass is 9.95. The molecule has 5 heteroatoms. The number of piperidine rings is 1. The highest BCUT2D eigenvalue weighted by Crippen LogP contribution is 2.32. The number of ether oxygens (including phenoxy) is 1. The average molecular weight is 359 g/mol. The molecule has 0 saturated carbocycles. The van der Waals surface area contributed by atoms with E-state index in [1.165, 1.54) is 32.8 Å². The first-order valence-electron chi connectivity index (χ1n) is 8.63. The van der Waals surface area contributed by atoms with Crippen molar-refractivity contribution >= 4 is 10.0 Å². The minimum Gasteiger partial charge on any atom is -0.490 e. The van der Waals surface area contributed by atoms with Crippen LogP contribution in [0.15, 0.2) is 42.5 Å². The van der Waals surface area contributed by atoms with Crippen LogP contribution in [0.25, 0.3) is 11.1 Å². The first-order chi connectivity index (χ1) is 11.8. The molecule has 0 aliphatic carbocycles. The summed E-state index contributed by atoms with van der Waals surface area (Å²) in [6.07, 6.45) is 2.79. The van der Waals surface area contributed by atoms with Gasteiger partial charge in [0.05, 0.1) is 6.26 Å². The van der Waals surface area contributed by atoms with Crippen molar-refractivity contribution in [3.05, 3.63) is 53.6 Å². The molecular formula is C20H25NO3S. The normalized spacial score (nSPS) is 16.8. The molecule has 134 valence electrons. The van der Waals surface area contributed by atoms with Gasteiger partial charge in [-0.1, -0.05) is 30.3 Å². The van der Waals surface area contributed by atoms with Crippen molar-refractivity contribution in [1.82, 2.24) is 4.31 Å². The van der Waals surface area contributed by atoms with Gasteiger partial charge in [0.2, 0.25) is 10.0 Å². The van der Waals surface area contributed by atoms with Gasteiger partial charge in [0.25, 0.3) is 0 Å². The summed E-state index contributed by atoms with van der Waals surface area (Å²) in [5.74, 6) is 0.868. The highest BCUT2D eigenvalue weighted by Gasteiger charge is 2.26. The molecule has 2 aromatic rings. The Labute approximate surface area is 150 Å². The SMILES string of the molecule is Cc1cc(OC2CCN(S(C)(=O)=O)CC2)cc(C)c1-c1ccccc1. The highest BCUT2D eigenvalue weighted by atomic mass is 32.2. The molecule has 1 heterocycles. The summed E-state index contributed by atoms with van der Waals surface area (Å²) in [5, 5.41) is 0. The van der Waals surface area contributed by atoms with Crippen LogP contribution in [0.3, 0.4) is 0 Å². The van der Waals surface area contributed by atoms with E-state index in [0.717, 1.165) is 18.6 Å². The maximum absolute atomic E-state index is 11.6. The van der Waals surface area contributed by atoms with Crippen LogP contribution in [0.2, 0.25) is 0 Å². The molecule has 0 spiro atoms. The smallest absolute Gasteiger partial charge is 0.211 e. The second-order valence-corrected chi connectivity index (χ2v) is 8.76. The van der Waals surface area contributed by atoms with Crippen LogP contribution in [0.4, 0.5) is 0 Å². The largest absolute Gasteiger partial charge is 0.490 e. The van der Waals surface area contributed by atoms with Gasteiger partial charge in [-0.3, -0.25) is 0 Å². The fourth-order valence-corrected chi connectivity index (χ4v) is 4.40. The van der Waals surface area contributed by atoms with Gasteiger partial charge in [-0.25, -0.2) is 12.7 Å². The Kier molecular flexibility index (Phi) is 5.16. The number of aryl methyl sites for hydroxylation is 2. The van der Waals surface area contributed by atoms with E-state index in [1.54, 1.807) is 0 Å². The molecule has 0 bridgehead atoms.